The molecule has 1 atom stereocenters. The zero-order valence-electron chi connectivity index (χ0n) is 7.15. The van der Waals surface area contributed by atoms with Crippen molar-refractivity contribution in [1.82, 2.24) is 9.44 Å². The number of hydrogen-bond acceptors (Lipinski definition) is 3. The first-order valence-electron chi connectivity index (χ1n) is 3.93. The van der Waals surface area contributed by atoms with Crippen LogP contribution in [-0.2, 0) is 15.0 Å². The molecule has 0 bridgehead atoms. The van der Waals surface area contributed by atoms with E-state index in [0.29, 0.717) is 0 Å². The van der Waals surface area contributed by atoms with Crippen molar-refractivity contribution in [3.05, 3.63) is 0 Å². The highest BCUT2D eigenvalue weighted by atomic mass is 32.2. The van der Waals surface area contributed by atoms with E-state index < -0.39 is 22.2 Å². The summed E-state index contributed by atoms with van der Waals surface area (Å²) in [6, 6.07) is -1.12. The Bertz CT molecular complexity index is 296. The molecule has 1 aliphatic rings. The third-order valence-electron chi connectivity index (χ3n) is 1.60. The Hall–Kier alpha value is -0.660. The predicted octanol–water partition coefficient (Wildman–Crippen LogP) is -0.954. The molecule has 1 saturated carbocycles. The summed E-state index contributed by atoms with van der Waals surface area (Å²) in [7, 11) is -3.64. The fraction of sp³-hybridized carbons (Fsp3) is 0.833. The highest BCUT2D eigenvalue weighted by molar-refractivity contribution is 7.87. The van der Waals surface area contributed by atoms with Crippen LogP contribution in [0.5, 0.6) is 0 Å². The Labute approximate surface area is 76.5 Å². The van der Waals surface area contributed by atoms with Gasteiger partial charge < -0.3 is 5.11 Å². The van der Waals surface area contributed by atoms with Gasteiger partial charge in [0.2, 0.25) is 0 Å². The highest BCUT2D eigenvalue weighted by Crippen LogP contribution is 2.19. The molecule has 0 spiro atoms. The second kappa shape index (κ2) is 3.60. The lowest BCUT2D eigenvalue weighted by Gasteiger charge is -2.09. The molecule has 1 aliphatic carbocycles. The van der Waals surface area contributed by atoms with Crippen molar-refractivity contribution >= 4 is 16.2 Å². The minimum Gasteiger partial charge on any atom is -0.480 e. The zero-order chi connectivity index (χ0) is 10.1. The molecule has 7 heteroatoms. The van der Waals surface area contributed by atoms with E-state index in [4.69, 9.17) is 5.11 Å². The standard InChI is InChI=1S/C6H12N2O4S/c1-4(6(9)10)7-13(11,12)8-5-2-3-5/h4-5,7-8H,2-3H2,1H3,(H,9,10)/t4-/m1/s1. The number of carboxylic acids is 1. The average molecular weight is 208 g/mol. The van der Waals surface area contributed by atoms with Crippen molar-refractivity contribution in [1.29, 1.82) is 0 Å². The third kappa shape index (κ3) is 3.71. The average Bonchev–Trinajstić information content (AvgIpc) is 2.69. The first-order valence-corrected chi connectivity index (χ1v) is 5.41. The van der Waals surface area contributed by atoms with Crippen molar-refractivity contribution < 1.29 is 18.3 Å². The molecule has 0 saturated heterocycles. The molecule has 0 unspecified atom stereocenters. The minimum absolute atomic E-state index is 0.0153. The van der Waals surface area contributed by atoms with Crippen LogP contribution in [0, 0.1) is 0 Å². The number of aliphatic carboxylic acids is 1. The van der Waals surface area contributed by atoms with Gasteiger partial charge >= 0.3 is 5.97 Å². The topological polar surface area (TPSA) is 95.5 Å². The van der Waals surface area contributed by atoms with Crippen molar-refractivity contribution in [2.24, 2.45) is 0 Å². The van der Waals surface area contributed by atoms with Crippen LogP contribution in [-0.4, -0.2) is 31.6 Å². The summed E-state index contributed by atoms with van der Waals surface area (Å²) in [5.41, 5.74) is 0. The lowest BCUT2D eigenvalue weighted by molar-refractivity contribution is -0.138. The van der Waals surface area contributed by atoms with E-state index >= 15 is 0 Å². The molecular formula is C6H12N2O4S. The van der Waals surface area contributed by atoms with Gasteiger partial charge in [0, 0.05) is 6.04 Å². The summed E-state index contributed by atoms with van der Waals surface area (Å²) in [6.45, 7) is 1.27. The first-order chi connectivity index (χ1) is 5.91. The van der Waals surface area contributed by atoms with Crippen LogP contribution in [0.1, 0.15) is 19.8 Å². The van der Waals surface area contributed by atoms with Gasteiger partial charge in [0.1, 0.15) is 6.04 Å². The lowest BCUT2D eigenvalue weighted by Crippen LogP contribution is -2.45. The number of rotatable bonds is 5. The molecule has 0 aromatic carbocycles. The lowest BCUT2D eigenvalue weighted by atomic mass is 10.4. The smallest absolute Gasteiger partial charge is 0.321 e. The summed E-state index contributed by atoms with van der Waals surface area (Å²) >= 11 is 0. The van der Waals surface area contributed by atoms with Gasteiger partial charge in [0.15, 0.2) is 0 Å². The van der Waals surface area contributed by atoms with E-state index in [9.17, 15) is 13.2 Å². The van der Waals surface area contributed by atoms with E-state index in [-0.39, 0.29) is 6.04 Å². The largest absolute Gasteiger partial charge is 0.480 e. The van der Waals surface area contributed by atoms with E-state index in [2.05, 4.69) is 4.72 Å². The summed E-state index contributed by atoms with van der Waals surface area (Å²) in [5, 5.41) is 8.44. The van der Waals surface area contributed by atoms with Crippen LogP contribution in [0.2, 0.25) is 0 Å². The summed E-state index contributed by atoms with van der Waals surface area (Å²) < 4.78 is 26.5. The summed E-state index contributed by atoms with van der Waals surface area (Å²) in [5.74, 6) is -1.19. The fourth-order valence-corrected chi connectivity index (χ4v) is 2.05. The van der Waals surface area contributed by atoms with Gasteiger partial charge in [-0.2, -0.15) is 17.9 Å². The predicted molar refractivity (Wildman–Crippen MR) is 45.3 cm³/mol. The molecule has 1 fully saturated rings. The Kier molecular flexibility index (Phi) is 2.89. The molecule has 0 aromatic rings. The maximum Gasteiger partial charge on any atom is 0.321 e. The Morgan fingerprint density at radius 2 is 2.08 bits per heavy atom. The maximum atomic E-state index is 11.1. The summed E-state index contributed by atoms with van der Waals surface area (Å²) in [6.07, 6.45) is 1.64. The van der Waals surface area contributed by atoms with Gasteiger partial charge in [-0.15, -0.1) is 0 Å². The molecule has 0 radical (unpaired) electrons. The Morgan fingerprint density at radius 1 is 1.54 bits per heavy atom. The second-order valence-electron chi connectivity index (χ2n) is 3.07. The van der Waals surface area contributed by atoms with E-state index in [1.165, 1.54) is 6.92 Å². The van der Waals surface area contributed by atoms with Gasteiger partial charge in [0.25, 0.3) is 10.2 Å². The molecular weight excluding hydrogens is 196 g/mol. The molecule has 1 rings (SSSR count). The SMILES string of the molecule is C[C@@H](NS(=O)(=O)NC1CC1)C(=O)O. The van der Waals surface area contributed by atoms with E-state index in [1.54, 1.807) is 0 Å². The molecule has 0 amide bonds. The van der Waals surface area contributed by atoms with Crippen LogP contribution < -0.4 is 9.44 Å². The third-order valence-corrected chi connectivity index (χ3v) is 2.91. The van der Waals surface area contributed by atoms with Crippen LogP contribution in [0.4, 0.5) is 0 Å². The number of nitrogens with one attached hydrogen (secondary N) is 2. The molecule has 13 heavy (non-hydrogen) atoms. The van der Waals surface area contributed by atoms with Crippen molar-refractivity contribution in [2.75, 3.05) is 0 Å². The zero-order valence-corrected chi connectivity index (χ0v) is 7.97. The molecule has 0 aliphatic heterocycles. The van der Waals surface area contributed by atoms with Gasteiger partial charge in [-0.1, -0.05) is 0 Å². The molecule has 3 N–H and O–H groups in total. The minimum atomic E-state index is -3.64. The van der Waals surface area contributed by atoms with Gasteiger partial charge in [0.05, 0.1) is 0 Å². The van der Waals surface area contributed by atoms with Crippen LogP contribution in [0.15, 0.2) is 0 Å². The number of carboxylic acid groups (broad SMARTS) is 1. The van der Waals surface area contributed by atoms with Gasteiger partial charge in [-0.25, -0.2) is 0 Å². The van der Waals surface area contributed by atoms with E-state index in [0.717, 1.165) is 12.8 Å². The molecule has 0 aromatic heterocycles. The summed E-state index contributed by atoms with van der Waals surface area (Å²) in [4.78, 5) is 10.3. The molecule has 76 valence electrons. The normalized spacial score (nSPS) is 19.8. The first kappa shape index (κ1) is 10.4. The molecule has 0 heterocycles. The van der Waals surface area contributed by atoms with Crippen LogP contribution in [0.25, 0.3) is 0 Å². The Balaban J connectivity index is 2.45. The number of hydrogen-bond donors (Lipinski definition) is 3. The quantitative estimate of drug-likeness (QED) is 0.542. The van der Waals surface area contributed by atoms with Crippen molar-refractivity contribution in [3.63, 3.8) is 0 Å². The maximum absolute atomic E-state index is 11.1. The molecule has 6 nitrogen and oxygen atoms in total. The highest BCUT2D eigenvalue weighted by Gasteiger charge is 2.28. The van der Waals surface area contributed by atoms with Crippen molar-refractivity contribution in [2.45, 2.75) is 31.8 Å². The van der Waals surface area contributed by atoms with Gasteiger partial charge in [-0.05, 0) is 19.8 Å². The second-order valence-corrected chi connectivity index (χ2v) is 4.55. The Morgan fingerprint density at radius 3 is 2.46 bits per heavy atom. The van der Waals surface area contributed by atoms with Crippen LogP contribution >= 0.6 is 0 Å². The fourth-order valence-electron chi connectivity index (χ4n) is 0.738. The number of carbonyl (C=O) groups is 1. The van der Waals surface area contributed by atoms with Crippen LogP contribution in [0.3, 0.4) is 0 Å². The van der Waals surface area contributed by atoms with Crippen molar-refractivity contribution in [3.8, 4) is 0 Å². The van der Waals surface area contributed by atoms with E-state index in [1.807, 2.05) is 4.72 Å². The van der Waals surface area contributed by atoms with Gasteiger partial charge in [-0.3, -0.25) is 4.79 Å². The monoisotopic (exact) mass is 208 g/mol.